The van der Waals surface area contributed by atoms with Gasteiger partial charge in [-0.25, -0.2) is 4.98 Å². The Morgan fingerprint density at radius 1 is 1.14 bits per heavy atom. The molecular formula is C18H21N3. The second-order valence-corrected chi connectivity index (χ2v) is 5.48. The van der Waals surface area contributed by atoms with Crippen molar-refractivity contribution >= 4 is 11.0 Å². The van der Waals surface area contributed by atoms with E-state index in [1.807, 2.05) is 0 Å². The molecule has 0 aliphatic carbocycles. The molecule has 2 N–H and O–H groups in total. The molecule has 21 heavy (non-hydrogen) atoms. The second kappa shape index (κ2) is 5.70. The van der Waals surface area contributed by atoms with E-state index in [0.717, 1.165) is 35.4 Å². The number of fused-ring (bicyclic) bond motifs is 1. The lowest BCUT2D eigenvalue weighted by Crippen LogP contribution is -2.01. The lowest BCUT2D eigenvalue weighted by molar-refractivity contribution is 0.704. The van der Waals surface area contributed by atoms with Crippen LogP contribution in [0, 0.1) is 6.92 Å². The van der Waals surface area contributed by atoms with Crippen molar-refractivity contribution in [1.82, 2.24) is 9.55 Å². The van der Waals surface area contributed by atoms with Gasteiger partial charge in [0.2, 0.25) is 0 Å². The van der Waals surface area contributed by atoms with E-state index in [9.17, 15) is 0 Å². The average molecular weight is 279 g/mol. The molecule has 0 aliphatic heterocycles. The minimum Gasteiger partial charge on any atom is -0.326 e. The van der Waals surface area contributed by atoms with Gasteiger partial charge in [-0.3, -0.25) is 0 Å². The van der Waals surface area contributed by atoms with Crippen LogP contribution in [0.4, 0.5) is 0 Å². The molecule has 3 nitrogen and oxygen atoms in total. The lowest BCUT2D eigenvalue weighted by atomic mass is 10.1. The number of hydrogen-bond acceptors (Lipinski definition) is 2. The fourth-order valence-electron chi connectivity index (χ4n) is 2.75. The Labute approximate surface area is 125 Å². The van der Waals surface area contributed by atoms with Crippen molar-refractivity contribution in [3.63, 3.8) is 0 Å². The van der Waals surface area contributed by atoms with E-state index in [0.29, 0.717) is 6.54 Å². The summed E-state index contributed by atoms with van der Waals surface area (Å²) in [7, 11) is 0. The third-order valence-electron chi connectivity index (χ3n) is 3.77. The topological polar surface area (TPSA) is 43.8 Å². The maximum Gasteiger partial charge on any atom is 0.141 e. The van der Waals surface area contributed by atoms with Crippen molar-refractivity contribution in [2.45, 2.75) is 33.4 Å². The summed E-state index contributed by atoms with van der Waals surface area (Å²) >= 11 is 0. The predicted molar refractivity (Wildman–Crippen MR) is 88.1 cm³/mol. The van der Waals surface area contributed by atoms with Crippen LogP contribution in [0.25, 0.3) is 22.4 Å². The van der Waals surface area contributed by atoms with E-state index >= 15 is 0 Å². The number of imidazole rings is 1. The second-order valence-electron chi connectivity index (χ2n) is 5.48. The molecule has 0 spiro atoms. The van der Waals surface area contributed by atoms with Crippen molar-refractivity contribution in [3.8, 4) is 11.4 Å². The maximum absolute atomic E-state index is 5.76. The normalized spacial score (nSPS) is 11.2. The standard InChI is InChI=1S/C18H21N3/c1-3-9-21-17-8-7-13(2)10-16(17)20-18(21)15-6-4-5-14(11-15)12-19/h4-8,10-11H,3,9,12,19H2,1-2H3. The van der Waals surface area contributed by atoms with Crippen LogP contribution in [-0.4, -0.2) is 9.55 Å². The van der Waals surface area contributed by atoms with E-state index in [-0.39, 0.29) is 0 Å². The fraction of sp³-hybridized carbons (Fsp3) is 0.278. The molecule has 1 aromatic heterocycles. The predicted octanol–water partition coefficient (Wildman–Crippen LogP) is 3.88. The highest BCUT2D eigenvalue weighted by molar-refractivity contribution is 5.81. The van der Waals surface area contributed by atoms with Crippen molar-refractivity contribution < 1.29 is 0 Å². The summed E-state index contributed by atoms with van der Waals surface area (Å²) in [6, 6.07) is 14.8. The van der Waals surface area contributed by atoms with Gasteiger partial charge >= 0.3 is 0 Å². The van der Waals surface area contributed by atoms with E-state index in [4.69, 9.17) is 10.7 Å². The zero-order valence-corrected chi connectivity index (χ0v) is 12.6. The number of hydrogen-bond donors (Lipinski definition) is 1. The first-order valence-electron chi connectivity index (χ1n) is 7.49. The summed E-state index contributed by atoms with van der Waals surface area (Å²) in [5.41, 5.74) is 11.6. The number of nitrogens with two attached hydrogens (primary N) is 1. The minimum absolute atomic E-state index is 0.557. The zero-order valence-electron chi connectivity index (χ0n) is 12.6. The average Bonchev–Trinajstić information content (AvgIpc) is 2.85. The van der Waals surface area contributed by atoms with Gasteiger partial charge in [0.05, 0.1) is 11.0 Å². The van der Waals surface area contributed by atoms with Gasteiger partial charge in [0.1, 0.15) is 5.82 Å². The van der Waals surface area contributed by atoms with Crippen LogP contribution >= 0.6 is 0 Å². The first-order valence-corrected chi connectivity index (χ1v) is 7.49. The third-order valence-corrected chi connectivity index (χ3v) is 3.77. The molecule has 0 radical (unpaired) electrons. The molecule has 3 heteroatoms. The molecule has 0 amide bonds. The highest BCUT2D eigenvalue weighted by Crippen LogP contribution is 2.26. The number of aromatic nitrogens is 2. The maximum atomic E-state index is 5.76. The van der Waals surface area contributed by atoms with Gasteiger partial charge in [0.15, 0.2) is 0 Å². The minimum atomic E-state index is 0.557. The summed E-state index contributed by atoms with van der Waals surface area (Å²) in [6.07, 6.45) is 1.09. The summed E-state index contributed by atoms with van der Waals surface area (Å²) in [5, 5.41) is 0. The SMILES string of the molecule is CCCn1c(-c2cccc(CN)c2)nc2cc(C)ccc21. The van der Waals surface area contributed by atoms with Crippen molar-refractivity contribution in [3.05, 3.63) is 53.6 Å². The van der Waals surface area contributed by atoms with E-state index in [1.54, 1.807) is 0 Å². The van der Waals surface area contributed by atoms with Crippen molar-refractivity contribution in [1.29, 1.82) is 0 Å². The van der Waals surface area contributed by atoms with Gasteiger partial charge < -0.3 is 10.3 Å². The van der Waals surface area contributed by atoms with Crippen LogP contribution in [0.1, 0.15) is 24.5 Å². The molecule has 108 valence electrons. The molecule has 1 heterocycles. The summed E-state index contributed by atoms with van der Waals surface area (Å²) in [5.74, 6) is 1.03. The third kappa shape index (κ3) is 2.57. The number of benzene rings is 2. The van der Waals surface area contributed by atoms with Crippen molar-refractivity contribution in [2.75, 3.05) is 0 Å². The molecule has 0 saturated carbocycles. The van der Waals surface area contributed by atoms with Gasteiger partial charge in [-0.2, -0.15) is 0 Å². The fourth-order valence-corrected chi connectivity index (χ4v) is 2.75. The van der Waals surface area contributed by atoms with Gasteiger partial charge in [0.25, 0.3) is 0 Å². The van der Waals surface area contributed by atoms with Crippen LogP contribution in [0.5, 0.6) is 0 Å². The van der Waals surface area contributed by atoms with Gasteiger partial charge in [-0.15, -0.1) is 0 Å². The van der Waals surface area contributed by atoms with Crippen LogP contribution in [0.2, 0.25) is 0 Å². The van der Waals surface area contributed by atoms with Crippen LogP contribution in [0.3, 0.4) is 0 Å². The van der Waals surface area contributed by atoms with Gasteiger partial charge in [0, 0.05) is 18.7 Å². The van der Waals surface area contributed by atoms with Gasteiger partial charge in [-0.1, -0.05) is 31.2 Å². The quantitative estimate of drug-likeness (QED) is 0.787. The lowest BCUT2D eigenvalue weighted by Gasteiger charge is -2.08. The molecule has 0 saturated heterocycles. The first-order chi connectivity index (χ1) is 10.2. The van der Waals surface area contributed by atoms with E-state index in [1.165, 1.54) is 11.1 Å². The Morgan fingerprint density at radius 2 is 2.00 bits per heavy atom. The van der Waals surface area contributed by atoms with Crippen molar-refractivity contribution in [2.24, 2.45) is 5.73 Å². The highest BCUT2D eigenvalue weighted by atomic mass is 15.1. The van der Waals surface area contributed by atoms with Crippen LogP contribution in [-0.2, 0) is 13.1 Å². The molecule has 0 bridgehead atoms. The van der Waals surface area contributed by atoms with Crippen LogP contribution in [0.15, 0.2) is 42.5 Å². The first kappa shape index (κ1) is 13.8. The summed E-state index contributed by atoms with van der Waals surface area (Å²) in [6.45, 7) is 5.83. The molecule has 3 aromatic rings. The Hall–Kier alpha value is -2.13. The summed E-state index contributed by atoms with van der Waals surface area (Å²) < 4.78 is 2.31. The molecule has 0 fully saturated rings. The number of nitrogens with zero attached hydrogens (tertiary/aromatic N) is 2. The molecule has 0 aliphatic rings. The van der Waals surface area contributed by atoms with Crippen LogP contribution < -0.4 is 5.73 Å². The molecular weight excluding hydrogens is 258 g/mol. The number of rotatable bonds is 4. The molecule has 0 unspecified atom stereocenters. The smallest absolute Gasteiger partial charge is 0.141 e. The Bertz CT molecular complexity index is 771. The molecule has 0 atom stereocenters. The Morgan fingerprint density at radius 3 is 2.76 bits per heavy atom. The Kier molecular flexibility index (Phi) is 3.76. The highest BCUT2D eigenvalue weighted by Gasteiger charge is 2.12. The largest absolute Gasteiger partial charge is 0.326 e. The molecule has 2 aromatic carbocycles. The Balaban J connectivity index is 2.22. The van der Waals surface area contributed by atoms with E-state index in [2.05, 4.69) is 60.9 Å². The zero-order chi connectivity index (χ0) is 14.8. The van der Waals surface area contributed by atoms with E-state index < -0.39 is 0 Å². The number of aryl methyl sites for hydroxylation is 2. The molecule has 3 rings (SSSR count). The van der Waals surface area contributed by atoms with Gasteiger partial charge in [-0.05, 0) is 42.7 Å². The monoisotopic (exact) mass is 279 g/mol. The summed E-state index contributed by atoms with van der Waals surface area (Å²) in [4.78, 5) is 4.86.